The molecule has 10 nitrogen and oxygen atoms in total. The van der Waals surface area contributed by atoms with Crippen LogP contribution >= 0.6 is 22.9 Å². The molecule has 41 heavy (non-hydrogen) atoms. The Hall–Kier alpha value is -1.40. The normalized spacial score (nSPS) is 18.9. The van der Waals surface area contributed by atoms with Crippen molar-refractivity contribution in [2.45, 2.75) is 30.4 Å². The van der Waals surface area contributed by atoms with Gasteiger partial charge in [0.2, 0.25) is 15.9 Å². The number of nitrogens with one attached hydrogen (secondary N) is 2. The maximum Gasteiger partial charge on any atom is 0.241 e. The summed E-state index contributed by atoms with van der Waals surface area (Å²) in [6.45, 7) is 2.17. The predicted octanol–water partition coefficient (Wildman–Crippen LogP) is -1.22. The zero-order valence-electron chi connectivity index (χ0n) is 22.8. The first-order valence-electron chi connectivity index (χ1n) is 13.0. The van der Waals surface area contributed by atoms with E-state index in [9.17, 15) is 21.6 Å². The Morgan fingerprint density at radius 3 is 2.56 bits per heavy atom. The number of aromatic nitrogens is 1. The third-order valence-electron chi connectivity index (χ3n) is 7.36. The van der Waals surface area contributed by atoms with Crippen LogP contribution in [0.4, 0.5) is 0 Å². The number of nitrogens with zero attached hydrogens (tertiary/aromatic N) is 3. The Balaban J connectivity index is 0.00000387. The van der Waals surface area contributed by atoms with E-state index in [0.717, 1.165) is 45.5 Å². The van der Waals surface area contributed by atoms with E-state index < -0.39 is 25.9 Å². The highest BCUT2D eigenvalue weighted by Crippen LogP contribution is 2.27. The summed E-state index contributed by atoms with van der Waals surface area (Å²) in [5.74, 6) is -0.554. The van der Waals surface area contributed by atoms with Gasteiger partial charge in [-0.3, -0.25) is 10.1 Å². The van der Waals surface area contributed by atoms with Gasteiger partial charge in [-0.25, -0.2) is 26.5 Å². The van der Waals surface area contributed by atoms with Crippen molar-refractivity contribution in [3.8, 4) is 0 Å². The summed E-state index contributed by atoms with van der Waals surface area (Å²) in [5, 5.41) is 6.14. The molecular formula is C26H33ClIN5O5S3. The summed E-state index contributed by atoms with van der Waals surface area (Å²) in [4.78, 5) is 21.0. The summed E-state index contributed by atoms with van der Waals surface area (Å²) < 4.78 is 53.7. The number of thiazole rings is 1. The summed E-state index contributed by atoms with van der Waals surface area (Å²) in [5.41, 5.74) is 1.08. The van der Waals surface area contributed by atoms with Gasteiger partial charge in [0.25, 0.3) is 0 Å². The fourth-order valence-corrected chi connectivity index (χ4v) is 8.70. The molecule has 2 N–H and O–H groups in total. The maximum absolute atomic E-state index is 13.5. The lowest BCUT2D eigenvalue weighted by Gasteiger charge is -2.32. The molecular weight excluding hydrogens is 721 g/mol. The number of hydrogen-bond acceptors (Lipinski definition) is 8. The topological polar surface area (TPSA) is 126 Å². The van der Waals surface area contributed by atoms with Crippen molar-refractivity contribution < 1.29 is 50.1 Å². The number of carbonyl (C=O) groups is 1. The van der Waals surface area contributed by atoms with E-state index in [0.29, 0.717) is 11.6 Å². The molecule has 1 atom stereocenters. The molecule has 2 aliphatic rings. The van der Waals surface area contributed by atoms with Crippen molar-refractivity contribution in [2.75, 3.05) is 51.8 Å². The highest BCUT2D eigenvalue weighted by Gasteiger charge is 2.32. The molecule has 1 amide bonds. The molecule has 0 bridgehead atoms. The van der Waals surface area contributed by atoms with Gasteiger partial charge in [-0.2, -0.15) is 0 Å². The second-order valence-corrected chi connectivity index (χ2v) is 16.6. The van der Waals surface area contributed by atoms with Crippen LogP contribution in [0.2, 0.25) is 5.02 Å². The SMILES string of the molecule is C[N+]1(C)CCc2nc(CNC(CNS(=O)(=O)c3ccc4cc(Cl)ccc4c3)C(=O)N3CCS(=O)(=O)CC3)sc2C1.[I-]. The minimum absolute atomic E-state index is 0. The number of sulfone groups is 1. The Kier molecular flexibility index (Phi) is 10.1. The highest BCUT2D eigenvalue weighted by molar-refractivity contribution is 7.91. The van der Waals surface area contributed by atoms with E-state index in [1.807, 2.05) is 0 Å². The van der Waals surface area contributed by atoms with Crippen LogP contribution < -0.4 is 34.0 Å². The second-order valence-electron chi connectivity index (χ2n) is 11.0. The Morgan fingerprint density at radius 2 is 1.83 bits per heavy atom. The molecule has 2 aromatic carbocycles. The standard InChI is InChI=1S/C26H33ClN5O5S3.HI/c1-32(2)10-7-22-24(17-32)38-25(30-22)16-28-23(26(33)31-8-11-39(34,35)12-9-31)15-29-40(36,37)21-6-4-18-13-20(27)5-3-19(18)14-21;/h3-6,13-14,23,28-29H,7-12,15-17H2,1-2H3;1H/q+1;/p-1. The molecule has 0 saturated carbocycles. The first-order chi connectivity index (χ1) is 18.8. The number of halogens is 2. The van der Waals surface area contributed by atoms with Gasteiger partial charge in [0.1, 0.15) is 17.6 Å². The smallest absolute Gasteiger partial charge is 0.241 e. The quantitative estimate of drug-likeness (QED) is 0.219. The van der Waals surface area contributed by atoms with Gasteiger partial charge in [0.15, 0.2) is 9.84 Å². The lowest BCUT2D eigenvalue weighted by atomic mass is 10.1. The van der Waals surface area contributed by atoms with Crippen LogP contribution in [0.3, 0.4) is 0 Å². The van der Waals surface area contributed by atoms with E-state index in [1.165, 1.54) is 15.8 Å². The highest BCUT2D eigenvalue weighted by atomic mass is 127. The van der Waals surface area contributed by atoms with Crippen LogP contribution in [-0.2, 0) is 44.2 Å². The van der Waals surface area contributed by atoms with Crippen LogP contribution in [0.1, 0.15) is 15.6 Å². The first-order valence-corrected chi connectivity index (χ1v) is 17.5. The van der Waals surface area contributed by atoms with Crippen LogP contribution in [0.15, 0.2) is 41.3 Å². The molecule has 0 aliphatic carbocycles. The molecule has 3 heterocycles. The van der Waals surface area contributed by atoms with Crippen molar-refractivity contribution in [2.24, 2.45) is 0 Å². The van der Waals surface area contributed by atoms with Crippen LogP contribution in [0.25, 0.3) is 10.8 Å². The Labute approximate surface area is 267 Å². The van der Waals surface area contributed by atoms with Gasteiger partial charge < -0.3 is 33.4 Å². The fraction of sp³-hybridized carbons (Fsp3) is 0.462. The summed E-state index contributed by atoms with van der Waals surface area (Å²) in [7, 11) is -2.75. The molecule has 1 fully saturated rings. The lowest BCUT2D eigenvalue weighted by molar-refractivity contribution is -0.905. The number of rotatable bonds is 8. The molecule has 224 valence electrons. The third kappa shape index (κ3) is 7.96. The van der Waals surface area contributed by atoms with Gasteiger partial charge >= 0.3 is 0 Å². The number of sulfonamides is 1. The number of amides is 1. The summed E-state index contributed by atoms with van der Waals surface area (Å²) in [6.07, 6.45) is 0.890. The zero-order chi connectivity index (χ0) is 28.7. The van der Waals surface area contributed by atoms with Crippen LogP contribution in [-0.4, -0.2) is 94.9 Å². The van der Waals surface area contributed by atoms with Gasteiger partial charge in [0, 0.05) is 37.6 Å². The van der Waals surface area contributed by atoms with Gasteiger partial charge in [0.05, 0.1) is 47.6 Å². The lowest BCUT2D eigenvalue weighted by Crippen LogP contribution is -3.00. The number of fused-ring (bicyclic) bond motifs is 2. The van der Waals surface area contributed by atoms with E-state index in [4.69, 9.17) is 16.6 Å². The molecule has 3 aromatic rings. The molecule has 1 aromatic heterocycles. The summed E-state index contributed by atoms with van der Waals surface area (Å²) >= 11 is 7.65. The third-order valence-corrected chi connectivity index (χ3v) is 11.7. The Morgan fingerprint density at radius 1 is 1.15 bits per heavy atom. The molecule has 0 spiro atoms. The van der Waals surface area contributed by atoms with Gasteiger partial charge in [-0.15, -0.1) is 11.3 Å². The number of benzene rings is 2. The predicted molar refractivity (Wildman–Crippen MR) is 157 cm³/mol. The van der Waals surface area contributed by atoms with Crippen molar-refractivity contribution in [1.82, 2.24) is 19.9 Å². The molecule has 0 radical (unpaired) electrons. The molecule has 1 saturated heterocycles. The monoisotopic (exact) mass is 753 g/mol. The largest absolute Gasteiger partial charge is 1.00 e. The second kappa shape index (κ2) is 12.7. The van der Waals surface area contributed by atoms with Crippen molar-refractivity contribution in [1.29, 1.82) is 0 Å². The average Bonchev–Trinajstić information content (AvgIpc) is 3.28. The Bertz CT molecular complexity index is 1650. The van der Waals surface area contributed by atoms with E-state index in [1.54, 1.807) is 41.7 Å². The number of quaternary nitrogens is 1. The van der Waals surface area contributed by atoms with Gasteiger partial charge in [-0.05, 0) is 35.0 Å². The zero-order valence-corrected chi connectivity index (χ0v) is 28.1. The minimum Gasteiger partial charge on any atom is -1.00 e. The van der Waals surface area contributed by atoms with Crippen LogP contribution in [0.5, 0.6) is 0 Å². The maximum atomic E-state index is 13.5. The van der Waals surface area contributed by atoms with Crippen LogP contribution in [0, 0.1) is 0 Å². The van der Waals surface area contributed by atoms with E-state index in [2.05, 4.69) is 24.1 Å². The van der Waals surface area contributed by atoms with E-state index in [-0.39, 0.29) is 65.9 Å². The van der Waals surface area contributed by atoms with Crippen molar-refractivity contribution >= 4 is 59.5 Å². The average molecular weight is 754 g/mol. The van der Waals surface area contributed by atoms with Crippen molar-refractivity contribution in [3.63, 3.8) is 0 Å². The number of hydrogen-bond donors (Lipinski definition) is 2. The number of carbonyl (C=O) groups excluding carboxylic acids is 1. The molecule has 1 unspecified atom stereocenters. The minimum atomic E-state index is -3.94. The molecule has 5 rings (SSSR count). The van der Waals surface area contributed by atoms with Crippen molar-refractivity contribution in [3.05, 3.63) is 57.0 Å². The molecule has 2 aliphatic heterocycles. The van der Waals surface area contributed by atoms with Gasteiger partial charge in [-0.1, -0.05) is 23.7 Å². The first kappa shape index (κ1) is 32.5. The fourth-order valence-electron chi connectivity index (χ4n) is 4.96. The molecule has 15 heteroatoms. The number of likely N-dealkylation sites (N-methyl/N-ethyl adjacent to an activating group) is 1. The van der Waals surface area contributed by atoms with E-state index >= 15 is 0 Å². The summed E-state index contributed by atoms with van der Waals surface area (Å²) in [6, 6.07) is 9.06.